The molecule has 3 rings (SSSR count). The Labute approximate surface area is 108 Å². The molecule has 1 saturated carbocycles. The number of rotatable bonds is 3. The summed E-state index contributed by atoms with van der Waals surface area (Å²) >= 11 is 0. The van der Waals surface area contributed by atoms with Gasteiger partial charge in [-0.2, -0.15) is 0 Å². The van der Waals surface area contributed by atoms with Crippen LogP contribution in [0.4, 0.5) is 5.69 Å². The first-order chi connectivity index (χ1) is 8.92. The van der Waals surface area contributed by atoms with Crippen molar-refractivity contribution in [2.45, 2.75) is 32.1 Å². The van der Waals surface area contributed by atoms with Gasteiger partial charge in [0.1, 0.15) is 0 Å². The summed E-state index contributed by atoms with van der Waals surface area (Å²) < 4.78 is 0. The highest BCUT2D eigenvalue weighted by atomic mass is 14.9. The molecule has 18 heavy (non-hydrogen) atoms. The first kappa shape index (κ1) is 11.5. The Bertz CT molecular complexity index is 515. The number of pyridine rings is 1. The number of aromatic nitrogens is 1. The summed E-state index contributed by atoms with van der Waals surface area (Å²) in [4.78, 5) is 4.48. The molecule has 0 radical (unpaired) electrons. The fraction of sp³-hybridized carbons (Fsp3) is 0.438. The van der Waals surface area contributed by atoms with Crippen molar-refractivity contribution in [3.63, 3.8) is 0 Å². The number of nitrogens with one attached hydrogen (secondary N) is 1. The Morgan fingerprint density at radius 3 is 2.83 bits per heavy atom. The molecule has 94 valence electrons. The first-order valence-corrected chi connectivity index (χ1v) is 7.00. The highest BCUT2D eigenvalue weighted by Gasteiger charge is 2.12. The van der Waals surface area contributed by atoms with Crippen molar-refractivity contribution in [3.05, 3.63) is 36.5 Å². The van der Waals surface area contributed by atoms with Crippen LogP contribution >= 0.6 is 0 Å². The third-order valence-electron chi connectivity index (χ3n) is 3.91. The summed E-state index contributed by atoms with van der Waals surface area (Å²) in [5.74, 6) is 0.852. The maximum atomic E-state index is 4.48. The molecule has 1 heterocycles. The highest BCUT2D eigenvalue weighted by molar-refractivity contribution is 5.81. The Hall–Kier alpha value is -1.57. The third kappa shape index (κ3) is 2.63. The van der Waals surface area contributed by atoms with Crippen molar-refractivity contribution >= 4 is 16.6 Å². The van der Waals surface area contributed by atoms with E-state index in [1.54, 1.807) is 0 Å². The molecule has 0 amide bonds. The second kappa shape index (κ2) is 5.38. The summed E-state index contributed by atoms with van der Waals surface area (Å²) in [6.07, 6.45) is 8.95. The van der Waals surface area contributed by atoms with E-state index in [0.29, 0.717) is 0 Å². The molecular weight excluding hydrogens is 220 g/mol. The molecule has 1 fully saturated rings. The van der Waals surface area contributed by atoms with Crippen LogP contribution < -0.4 is 5.32 Å². The van der Waals surface area contributed by atoms with Crippen molar-refractivity contribution in [2.75, 3.05) is 11.9 Å². The third-order valence-corrected chi connectivity index (χ3v) is 3.91. The highest BCUT2D eigenvalue weighted by Crippen LogP contribution is 2.24. The summed E-state index contributed by atoms with van der Waals surface area (Å²) in [6, 6.07) is 10.5. The lowest BCUT2D eigenvalue weighted by atomic mass is 9.89. The van der Waals surface area contributed by atoms with Gasteiger partial charge in [-0.15, -0.1) is 0 Å². The number of para-hydroxylation sites is 1. The maximum absolute atomic E-state index is 4.48. The fourth-order valence-corrected chi connectivity index (χ4v) is 2.82. The SMILES string of the molecule is c1ccc2ncc(NCC3CCCCC3)cc2c1. The van der Waals surface area contributed by atoms with Gasteiger partial charge in [0.2, 0.25) is 0 Å². The zero-order valence-corrected chi connectivity index (χ0v) is 10.7. The molecule has 0 bridgehead atoms. The van der Waals surface area contributed by atoms with Crippen LogP contribution in [0.1, 0.15) is 32.1 Å². The van der Waals surface area contributed by atoms with Gasteiger partial charge >= 0.3 is 0 Å². The molecule has 1 aromatic heterocycles. The maximum Gasteiger partial charge on any atom is 0.0703 e. The van der Waals surface area contributed by atoms with E-state index in [4.69, 9.17) is 0 Å². The van der Waals surface area contributed by atoms with Gasteiger partial charge in [0.15, 0.2) is 0 Å². The number of anilines is 1. The van der Waals surface area contributed by atoms with E-state index in [2.05, 4.69) is 34.6 Å². The smallest absolute Gasteiger partial charge is 0.0703 e. The van der Waals surface area contributed by atoms with Crippen LogP contribution in [0.5, 0.6) is 0 Å². The monoisotopic (exact) mass is 240 g/mol. The number of fused-ring (bicyclic) bond motifs is 1. The molecule has 1 aromatic carbocycles. The molecular formula is C16H20N2. The van der Waals surface area contributed by atoms with Crippen LogP contribution in [0, 0.1) is 5.92 Å². The van der Waals surface area contributed by atoms with Crippen LogP contribution in [0.3, 0.4) is 0 Å². The van der Waals surface area contributed by atoms with Crippen molar-refractivity contribution in [1.29, 1.82) is 0 Å². The predicted molar refractivity (Wildman–Crippen MR) is 76.8 cm³/mol. The van der Waals surface area contributed by atoms with Gasteiger partial charge in [-0.05, 0) is 30.9 Å². The van der Waals surface area contributed by atoms with E-state index in [0.717, 1.165) is 23.7 Å². The molecule has 0 atom stereocenters. The van der Waals surface area contributed by atoms with E-state index in [1.165, 1.54) is 37.5 Å². The molecule has 2 heteroatoms. The fourth-order valence-electron chi connectivity index (χ4n) is 2.82. The van der Waals surface area contributed by atoms with Crippen LogP contribution in [-0.2, 0) is 0 Å². The van der Waals surface area contributed by atoms with Gasteiger partial charge in [0, 0.05) is 11.9 Å². The van der Waals surface area contributed by atoms with E-state index >= 15 is 0 Å². The second-order valence-electron chi connectivity index (χ2n) is 5.30. The van der Waals surface area contributed by atoms with E-state index in [9.17, 15) is 0 Å². The first-order valence-electron chi connectivity index (χ1n) is 7.00. The van der Waals surface area contributed by atoms with Crippen LogP contribution in [0.2, 0.25) is 0 Å². The average Bonchev–Trinajstić information content (AvgIpc) is 2.46. The molecule has 0 spiro atoms. The van der Waals surface area contributed by atoms with Crippen molar-refractivity contribution in [2.24, 2.45) is 5.92 Å². The quantitative estimate of drug-likeness (QED) is 0.868. The summed E-state index contributed by atoms with van der Waals surface area (Å²) in [7, 11) is 0. The normalized spacial score (nSPS) is 16.9. The minimum absolute atomic E-state index is 0.852. The number of hydrogen-bond acceptors (Lipinski definition) is 2. The lowest BCUT2D eigenvalue weighted by molar-refractivity contribution is 0.373. The number of hydrogen-bond donors (Lipinski definition) is 1. The minimum Gasteiger partial charge on any atom is -0.384 e. The van der Waals surface area contributed by atoms with Gasteiger partial charge in [0.05, 0.1) is 17.4 Å². The van der Waals surface area contributed by atoms with E-state index < -0.39 is 0 Å². The summed E-state index contributed by atoms with van der Waals surface area (Å²) in [6.45, 7) is 1.10. The zero-order chi connectivity index (χ0) is 12.2. The summed E-state index contributed by atoms with van der Waals surface area (Å²) in [5.41, 5.74) is 2.22. The van der Waals surface area contributed by atoms with Crippen LogP contribution in [0.15, 0.2) is 36.5 Å². The Kier molecular flexibility index (Phi) is 3.44. The molecule has 0 saturated heterocycles. The predicted octanol–water partition coefficient (Wildman–Crippen LogP) is 4.23. The number of nitrogens with zero attached hydrogens (tertiary/aromatic N) is 1. The largest absolute Gasteiger partial charge is 0.384 e. The molecule has 2 nitrogen and oxygen atoms in total. The van der Waals surface area contributed by atoms with Crippen molar-refractivity contribution < 1.29 is 0 Å². The Balaban J connectivity index is 1.66. The van der Waals surface area contributed by atoms with Crippen LogP contribution in [-0.4, -0.2) is 11.5 Å². The Morgan fingerprint density at radius 1 is 1.11 bits per heavy atom. The van der Waals surface area contributed by atoms with Crippen molar-refractivity contribution in [3.8, 4) is 0 Å². The zero-order valence-electron chi connectivity index (χ0n) is 10.7. The molecule has 1 aliphatic carbocycles. The van der Waals surface area contributed by atoms with Gasteiger partial charge in [0.25, 0.3) is 0 Å². The van der Waals surface area contributed by atoms with Gasteiger partial charge in [-0.1, -0.05) is 37.5 Å². The van der Waals surface area contributed by atoms with E-state index in [1.807, 2.05) is 12.3 Å². The van der Waals surface area contributed by atoms with Gasteiger partial charge in [-0.25, -0.2) is 0 Å². The second-order valence-corrected chi connectivity index (χ2v) is 5.30. The molecule has 2 aromatic rings. The lowest BCUT2D eigenvalue weighted by Crippen LogP contribution is -2.17. The lowest BCUT2D eigenvalue weighted by Gasteiger charge is -2.22. The standard InChI is InChI=1S/C16H20N2/c1-2-6-13(7-3-1)11-17-15-10-14-8-4-5-9-16(14)18-12-15/h4-5,8-10,12-13,17H,1-3,6-7,11H2. The molecule has 0 aliphatic heterocycles. The topological polar surface area (TPSA) is 24.9 Å². The molecule has 1 N–H and O–H groups in total. The molecule has 0 unspecified atom stereocenters. The molecule has 1 aliphatic rings. The van der Waals surface area contributed by atoms with Crippen molar-refractivity contribution in [1.82, 2.24) is 4.98 Å². The van der Waals surface area contributed by atoms with Gasteiger partial charge < -0.3 is 5.32 Å². The Morgan fingerprint density at radius 2 is 1.94 bits per heavy atom. The minimum atomic E-state index is 0.852. The van der Waals surface area contributed by atoms with E-state index in [-0.39, 0.29) is 0 Å². The average molecular weight is 240 g/mol. The summed E-state index contributed by atoms with van der Waals surface area (Å²) in [5, 5.41) is 4.76. The number of benzene rings is 1. The van der Waals surface area contributed by atoms with Crippen LogP contribution in [0.25, 0.3) is 10.9 Å². The van der Waals surface area contributed by atoms with Gasteiger partial charge in [-0.3, -0.25) is 4.98 Å².